The van der Waals surface area contributed by atoms with Crippen molar-refractivity contribution < 1.29 is 9.59 Å². The Hall–Kier alpha value is -2.04. The highest BCUT2D eigenvalue weighted by Gasteiger charge is 2.50. The van der Waals surface area contributed by atoms with Crippen molar-refractivity contribution in [1.29, 1.82) is 0 Å². The molecule has 2 aliphatic carbocycles. The van der Waals surface area contributed by atoms with Gasteiger partial charge in [0.05, 0.1) is 0 Å². The van der Waals surface area contributed by atoms with Gasteiger partial charge < -0.3 is 15.5 Å². The Morgan fingerprint density at radius 1 is 1.00 bits per heavy atom. The van der Waals surface area contributed by atoms with E-state index in [1.54, 1.807) is 0 Å². The molecule has 2 N–H and O–H groups in total. The molecule has 1 aliphatic heterocycles. The minimum atomic E-state index is -0.0818. The molecule has 0 radical (unpaired) electrons. The molecule has 164 valence electrons. The first-order valence-corrected chi connectivity index (χ1v) is 12.0. The molecule has 30 heavy (non-hydrogen) atoms. The Morgan fingerprint density at radius 3 is 2.60 bits per heavy atom. The number of nitrogens with zero attached hydrogens (tertiary/aromatic N) is 1. The van der Waals surface area contributed by atoms with E-state index >= 15 is 0 Å². The molecular weight excluding hydrogens is 374 g/mol. The van der Waals surface area contributed by atoms with Crippen LogP contribution in [0.2, 0.25) is 0 Å². The number of benzene rings is 1. The van der Waals surface area contributed by atoms with Gasteiger partial charge in [0.2, 0.25) is 5.91 Å². The van der Waals surface area contributed by atoms with E-state index in [4.69, 9.17) is 0 Å². The molecule has 5 heteroatoms. The molecule has 1 aromatic carbocycles. The molecule has 1 aromatic rings. The predicted octanol–water partition coefficient (Wildman–Crippen LogP) is 4.27. The normalized spacial score (nSPS) is 27.0. The van der Waals surface area contributed by atoms with Crippen molar-refractivity contribution in [3.8, 4) is 0 Å². The highest BCUT2D eigenvalue weighted by molar-refractivity contribution is 5.78. The summed E-state index contributed by atoms with van der Waals surface area (Å²) in [6.45, 7) is 2.26. The summed E-state index contributed by atoms with van der Waals surface area (Å²) >= 11 is 0. The Bertz CT molecular complexity index is 716. The lowest BCUT2D eigenvalue weighted by Gasteiger charge is -2.47. The van der Waals surface area contributed by atoms with Crippen molar-refractivity contribution in [3.05, 3.63) is 35.9 Å². The third-order valence-corrected chi connectivity index (χ3v) is 7.72. The van der Waals surface area contributed by atoms with Crippen molar-refractivity contribution in [2.24, 2.45) is 11.3 Å². The average molecular weight is 412 g/mol. The number of carbonyl (C=O) groups is 2. The number of fused-ring (bicyclic) bond motifs is 1. The average Bonchev–Trinajstić information content (AvgIpc) is 3.21. The fourth-order valence-corrected chi connectivity index (χ4v) is 6.03. The van der Waals surface area contributed by atoms with Gasteiger partial charge in [-0.3, -0.25) is 4.79 Å². The van der Waals surface area contributed by atoms with Gasteiger partial charge in [-0.05, 0) is 50.0 Å². The van der Waals surface area contributed by atoms with E-state index in [1.807, 2.05) is 18.2 Å². The molecule has 0 aromatic heterocycles. The molecule has 3 fully saturated rings. The van der Waals surface area contributed by atoms with E-state index in [1.165, 1.54) is 37.7 Å². The Morgan fingerprint density at radius 2 is 1.80 bits per heavy atom. The van der Waals surface area contributed by atoms with Gasteiger partial charge in [-0.15, -0.1) is 0 Å². The number of likely N-dealkylation sites (tertiary alicyclic amines) is 1. The maximum Gasteiger partial charge on any atom is 0.314 e. The Labute approximate surface area is 181 Å². The second-order valence-corrected chi connectivity index (χ2v) is 9.67. The van der Waals surface area contributed by atoms with Gasteiger partial charge >= 0.3 is 6.03 Å². The number of nitrogens with one attached hydrogen (secondary N) is 2. The quantitative estimate of drug-likeness (QED) is 0.704. The predicted molar refractivity (Wildman–Crippen MR) is 119 cm³/mol. The molecule has 2 saturated carbocycles. The summed E-state index contributed by atoms with van der Waals surface area (Å²) in [7, 11) is 0. The van der Waals surface area contributed by atoms with E-state index in [-0.39, 0.29) is 11.4 Å². The highest BCUT2D eigenvalue weighted by Crippen LogP contribution is 2.48. The molecule has 3 aliphatic rings. The molecule has 0 unspecified atom stereocenters. The SMILES string of the molecule is O=C(NCCc1ccccc1)NC[C@@]12CCC[C@H]1N(CC1CCCCC1)C(=O)CC2. The molecule has 5 nitrogen and oxygen atoms in total. The summed E-state index contributed by atoms with van der Waals surface area (Å²) in [5.74, 6) is 1.02. The molecule has 3 amide bonds. The number of piperidine rings is 1. The number of amides is 3. The van der Waals surface area contributed by atoms with Crippen LogP contribution in [-0.4, -0.2) is 42.5 Å². The van der Waals surface area contributed by atoms with Crippen LogP contribution in [0.1, 0.15) is 69.8 Å². The first-order chi connectivity index (χ1) is 14.7. The summed E-state index contributed by atoms with van der Waals surface area (Å²) < 4.78 is 0. The van der Waals surface area contributed by atoms with Crippen molar-refractivity contribution in [2.45, 2.75) is 76.7 Å². The second-order valence-electron chi connectivity index (χ2n) is 9.67. The maximum absolute atomic E-state index is 12.8. The van der Waals surface area contributed by atoms with Crippen LogP contribution in [0.5, 0.6) is 0 Å². The van der Waals surface area contributed by atoms with Crippen LogP contribution in [0, 0.1) is 11.3 Å². The lowest BCUT2D eigenvalue weighted by Crippen LogP contribution is -2.57. The molecule has 1 heterocycles. The van der Waals surface area contributed by atoms with Crippen LogP contribution in [-0.2, 0) is 11.2 Å². The third-order valence-electron chi connectivity index (χ3n) is 7.72. The zero-order chi connectivity index (χ0) is 20.8. The van der Waals surface area contributed by atoms with Gasteiger partial charge in [-0.25, -0.2) is 4.79 Å². The summed E-state index contributed by atoms with van der Waals surface area (Å²) in [5, 5.41) is 6.15. The van der Waals surface area contributed by atoms with Crippen LogP contribution >= 0.6 is 0 Å². The summed E-state index contributed by atoms with van der Waals surface area (Å²) in [6.07, 6.45) is 12.3. The van der Waals surface area contributed by atoms with Crippen LogP contribution in [0.25, 0.3) is 0 Å². The van der Waals surface area contributed by atoms with Gasteiger partial charge in [0.1, 0.15) is 0 Å². The molecule has 0 spiro atoms. The highest BCUT2D eigenvalue weighted by atomic mass is 16.2. The first kappa shape index (κ1) is 21.2. The van der Waals surface area contributed by atoms with Gasteiger partial charge in [0, 0.05) is 37.5 Å². The van der Waals surface area contributed by atoms with Gasteiger partial charge in [-0.2, -0.15) is 0 Å². The summed E-state index contributed by atoms with van der Waals surface area (Å²) in [6, 6.07) is 10.5. The number of urea groups is 1. The second kappa shape index (κ2) is 9.84. The molecular formula is C25H37N3O2. The van der Waals surface area contributed by atoms with E-state index < -0.39 is 0 Å². The number of rotatable bonds is 7. The van der Waals surface area contributed by atoms with Crippen LogP contribution in [0.4, 0.5) is 4.79 Å². The molecule has 1 saturated heterocycles. The van der Waals surface area contributed by atoms with Crippen molar-refractivity contribution in [1.82, 2.24) is 15.5 Å². The van der Waals surface area contributed by atoms with Gasteiger partial charge in [-0.1, -0.05) is 56.0 Å². The maximum atomic E-state index is 12.8. The van der Waals surface area contributed by atoms with Crippen LogP contribution in [0.3, 0.4) is 0 Å². The Kier molecular flexibility index (Phi) is 6.96. The van der Waals surface area contributed by atoms with E-state index in [0.717, 1.165) is 38.6 Å². The minimum absolute atomic E-state index is 0.0688. The van der Waals surface area contributed by atoms with Gasteiger partial charge in [0.25, 0.3) is 0 Å². The molecule has 4 rings (SSSR count). The smallest absolute Gasteiger partial charge is 0.314 e. The number of carbonyl (C=O) groups excluding carboxylic acids is 2. The standard InChI is InChI=1S/C25H37N3O2/c29-23-13-16-25(19-27-24(30)26-17-14-20-8-3-1-4-9-20)15-7-12-22(25)28(23)18-21-10-5-2-6-11-21/h1,3-4,8-9,21-22H,2,5-7,10-19H2,(H2,26,27,30)/t22-,25+/m1/s1. The topological polar surface area (TPSA) is 61.4 Å². The van der Waals surface area contributed by atoms with Crippen molar-refractivity contribution in [2.75, 3.05) is 19.6 Å². The molecule has 0 bridgehead atoms. The molecule has 2 atom stereocenters. The minimum Gasteiger partial charge on any atom is -0.339 e. The third kappa shape index (κ3) is 4.98. The fraction of sp³-hybridized carbons (Fsp3) is 0.680. The van der Waals surface area contributed by atoms with E-state index in [0.29, 0.717) is 37.4 Å². The zero-order valence-electron chi connectivity index (χ0n) is 18.2. The van der Waals surface area contributed by atoms with Crippen LogP contribution in [0.15, 0.2) is 30.3 Å². The van der Waals surface area contributed by atoms with E-state index in [2.05, 4.69) is 27.7 Å². The zero-order valence-corrected chi connectivity index (χ0v) is 18.2. The van der Waals surface area contributed by atoms with Gasteiger partial charge in [0.15, 0.2) is 0 Å². The number of hydrogen-bond acceptors (Lipinski definition) is 2. The Balaban J connectivity index is 1.29. The number of hydrogen-bond donors (Lipinski definition) is 2. The fourth-order valence-electron chi connectivity index (χ4n) is 6.03. The lowest BCUT2D eigenvalue weighted by atomic mass is 9.74. The summed E-state index contributed by atoms with van der Waals surface area (Å²) in [4.78, 5) is 27.4. The lowest BCUT2D eigenvalue weighted by molar-refractivity contribution is -0.142. The monoisotopic (exact) mass is 411 g/mol. The van der Waals surface area contributed by atoms with Crippen molar-refractivity contribution in [3.63, 3.8) is 0 Å². The van der Waals surface area contributed by atoms with Crippen LogP contribution < -0.4 is 10.6 Å². The van der Waals surface area contributed by atoms with Crippen molar-refractivity contribution >= 4 is 11.9 Å². The first-order valence-electron chi connectivity index (χ1n) is 12.0. The van der Waals surface area contributed by atoms with E-state index in [9.17, 15) is 9.59 Å². The summed E-state index contributed by atoms with van der Waals surface area (Å²) in [5.41, 5.74) is 1.30. The largest absolute Gasteiger partial charge is 0.339 e.